The molecule has 0 aromatic heterocycles. The Labute approximate surface area is 211 Å². The summed E-state index contributed by atoms with van der Waals surface area (Å²) >= 11 is 0. The van der Waals surface area contributed by atoms with Crippen molar-refractivity contribution in [2.24, 2.45) is 0 Å². The molecular weight excluding hydrogens is 452 g/mol. The second-order valence-electron chi connectivity index (χ2n) is 9.43. The highest BCUT2D eigenvalue weighted by Gasteiger charge is 2.40. The zero-order valence-electron chi connectivity index (χ0n) is 20.4. The van der Waals surface area contributed by atoms with Crippen LogP contribution in [0.5, 0.6) is 0 Å². The van der Waals surface area contributed by atoms with E-state index >= 15 is 0 Å². The van der Waals surface area contributed by atoms with E-state index in [2.05, 4.69) is 39.4 Å². The van der Waals surface area contributed by atoms with Crippen LogP contribution in [0.2, 0.25) is 0 Å². The van der Waals surface area contributed by atoms with E-state index in [-0.39, 0.29) is 0 Å². The van der Waals surface area contributed by atoms with Crippen molar-refractivity contribution in [1.29, 1.82) is 0 Å². The molecule has 1 fully saturated rings. The van der Waals surface area contributed by atoms with Crippen molar-refractivity contribution in [3.63, 3.8) is 0 Å². The van der Waals surface area contributed by atoms with Gasteiger partial charge in [0, 0.05) is 45.0 Å². The number of nitrogens with zero attached hydrogens (tertiary/aromatic N) is 3. The molecule has 36 heavy (non-hydrogen) atoms. The molecule has 2 aliphatic heterocycles. The number of anilines is 1. The molecule has 0 radical (unpaired) electrons. The van der Waals surface area contributed by atoms with Crippen LogP contribution in [0.25, 0.3) is 0 Å². The van der Waals surface area contributed by atoms with Gasteiger partial charge in [-0.05, 0) is 42.3 Å². The van der Waals surface area contributed by atoms with E-state index in [9.17, 15) is 14.4 Å². The maximum Gasteiger partial charge on any atom is 0.262 e. The molecule has 3 amide bonds. The minimum absolute atomic E-state index is 0.340. The number of fused-ring (bicyclic) bond motifs is 1. The zero-order valence-corrected chi connectivity index (χ0v) is 20.4. The predicted octanol–water partition coefficient (Wildman–Crippen LogP) is 3.63. The van der Waals surface area contributed by atoms with Crippen molar-refractivity contribution in [1.82, 2.24) is 14.7 Å². The molecule has 1 N–H and O–H groups in total. The molecule has 0 bridgehead atoms. The van der Waals surface area contributed by atoms with Gasteiger partial charge in [0.15, 0.2) is 0 Å². The number of imide groups is 1. The maximum absolute atomic E-state index is 12.8. The second-order valence-corrected chi connectivity index (χ2v) is 9.43. The Balaban J connectivity index is 1.12. The lowest BCUT2D eigenvalue weighted by Gasteiger charge is -2.34. The standard InChI is InChI=1S/C29H30N4O3/c1-21(33-28(35)25-9-5-6-10-26(25)29(33)36)27(34)30-24-13-11-23(12-14-24)20-32-17-15-31(16-18-32)19-22-7-3-2-4-8-22/h2-14,21H,15-20H2,1H3,(H,30,34). The van der Waals surface area contributed by atoms with Crippen LogP contribution in [0.3, 0.4) is 0 Å². The van der Waals surface area contributed by atoms with Crippen LogP contribution in [0.4, 0.5) is 5.69 Å². The quantitative estimate of drug-likeness (QED) is 0.521. The summed E-state index contributed by atoms with van der Waals surface area (Å²) in [5.41, 5.74) is 3.85. The Morgan fingerprint density at radius 1 is 0.722 bits per heavy atom. The summed E-state index contributed by atoms with van der Waals surface area (Å²) in [6.07, 6.45) is 0. The summed E-state index contributed by atoms with van der Waals surface area (Å²) in [6.45, 7) is 7.54. The van der Waals surface area contributed by atoms with Gasteiger partial charge in [0.1, 0.15) is 6.04 Å². The highest BCUT2D eigenvalue weighted by Crippen LogP contribution is 2.25. The molecule has 3 aromatic rings. The van der Waals surface area contributed by atoms with Gasteiger partial charge in [-0.1, -0.05) is 54.6 Å². The summed E-state index contributed by atoms with van der Waals surface area (Å²) in [5, 5.41) is 2.84. The van der Waals surface area contributed by atoms with Gasteiger partial charge in [-0.3, -0.25) is 29.1 Å². The largest absolute Gasteiger partial charge is 0.324 e. The monoisotopic (exact) mass is 482 g/mol. The van der Waals surface area contributed by atoms with Gasteiger partial charge < -0.3 is 5.32 Å². The molecule has 1 unspecified atom stereocenters. The molecule has 3 aromatic carbocycles. The van der Waals surface area contributed by atoms with Crippen LogP contribution < -0.4 is 5.32 Å². The van der Waals surface area contributed by atoms with Gasteiger partial charge in [0.05, 0.1) is 11.1 Å². The minimum Gasteiger partial charge on any atom is -0.324 e. The Morgan fingerprint density at radius 2 is 1.19 bits per heavy atom. The SMILES string of the molecule is CC(C(=O)Nc1ccc(CN2CCN(Cc3ccccc3)CC2)cc1)N1C(=O)c2ccccc2C1=O. The van der Waals surface area contributed by atoms with Crippen molar-refractivity contribution < 1.29 is 14.4 Å². The zero-order chi connectivity index (χ0) is 25.1. The van der Waals surface area contributed by atoms with Crippen molar-refractivity contribution in [3.05, 3.63) is 101 Å². The van der Waals surface area contributed by atoms with E-state index < -0.39 is 23.8 Å². The fraction of sp³-hybridized carbons (Fsp3) is 0.276. The molecule has 1 saturated heterocycles. The number of amides is 3. The van der Waals surface area contributed by atoms with Crippen LogP contribution in [0.15, 0.2) is 78.9 Å². The number of carbonyl (C=O) groups excluding carboxylic acids is 3. The third kappa shape index (κ3) is 5.08. The first kappa shape index (κ1) is 23.9. The molecule has 5 rings (SSSR count). The first-order valence-electron chi connectivity index (χ1n) is 12.3. The van der Waals surface area contributed by atoms with E-state index in [0.29, 0.717) is 16.8 Å². The van der Waals surface area contributed by atoms with E-state index in [4.69, 9.17) is 0 Å². The Kier molecular flexibility index (Phi) is 6.93. The van der Waals surface area contributed by atoms with Crippen LogP contribution in [-0.2, 0) is 17.9 Å². The summed E-state index contributed by atoms with van der Waals surface area (Å²) in [4.78, 5) is 44.1. The predicted molar refractivity (Wildman–Crippen MR) is 138 cm³/mol. The number of hydrogen-bond donors (Lipinski definition) is 1. The lowest BCUT2D eigenvalue weighted by Crippen LogP contribution is -2.45. The fourth-order valence-corrected chi connectivity index (χ4v) is 4.82. The number of hydrogen-bond acceptors (Lipinski definition) is 5. The van der Waals surface area contributed by atoms with Gasteiger partial charge >= 0.3 is 0 Å². The van der Waals surface area contributed by atoms with E-state index in [1.54, 1.807) is 31.2 Å². The number of benzene rings is 3. The molecule has 0 spiro atoms. The van der Waals surface area contributed by atoms with Crippen LogP contribution in [0.1, 0.15) is 38.8 Å². The molecular formula is C29H30N4O3. The van der Waals surface area contributed by atoms with Crippen molar-refractivity contribution >= 4 is 23.4 Å². The molecule has 184 valence electrons. The maximum atomic E-state index is 12.8. The molecule has 0 aliphatic carbocycles. The van der Waals surface area contributed by atoms with E-state index in [1.165, 1.54) is 11.1 Å². The third-order valence-corrected chi connectivity index (χ3v) is 6.93. The lowest BCUT2D eigenvalue weighted by molar-refractivity contribution is -0.119. The van der Waals surface area contributed by atoms with Gasteiger partial charge in [-0.25, -0.2) is 0 Å². The van der Waals surface area contributed by atoms with Gasteiger partial charge in [0.2, 0.25) is 5.91 Å². The van der Waals surface area contributed by atoms with E-state index in [0.717, 1.165) is 44.2 Å². The lowest BCUT2D eigenvalue weighted by atomic mass is 10.1. The number of nitrogens with one attached hydrogen (secondary N) is 1. The first-order valence-corrected chi connectivity index (χ1v) is 12.3. The van der Waals surface area contributed by atoms with Crippen molar-refractivity contribution in [2.45, 2.75) is 26.1 Å². The Morgan fingerprint density at radius 3 is 1.72 bits per heavy atom. The molecule has 2 heterocycles. The molecule has 7 nitrogen and oxygen atoms in total. The summed E-state index contributed by atoms with van der Waals surface area (Å²) < 4.78 is 0. The minimum atomic E-state index is -0.913. The van der Waals surface area contributed by atoms with Crippen molar-refractivity contribution in [3.8, 4) is 0 Å². The molecule has 1 atom stereocenters. The Hall–Kier alpha value is -3.81. The average Bonchev–Trinajstić information content (AvgIpc) is 3.16. The van der Waals surface area contributed by atoms with E-state index in [1.807, 2.05) is 30.3 Å². The number of piperazine rings is 1. The number of rotatable bonds is 7. The Bertz CT molecular complexity index is 1220. The normalized spacial score (nSPS) is 17.2. The fourth-order valence-electron chi connectivity index (χ4n) is 4.82. The van der Waals surface area contributed by atoms with Crippen LogP contribution in [-0.4, -0.2) is 64.6 Å². The molecule has 0 saturated carbocycles. The molecule has 2 aliphatic rings. The van der Waals surface area contributed by atoms with Crippen LogP contribution >= 0.6 is 0 Å². The number of carbonyl (C=O) groups is 3. The highest BCUT2D eigenvalue weighted by molar-refractivity contribution is 6.23. The second kappa shape index (κ2) is 10.4. The van der Waals surface area contributed by atoms with Crippen LogP contribution in [0, 0.1) is 0 Å². The topological polar surface area (TPSA) is 73.0 Å². The smallest absolute Gasteiger partial charge is 0.262 e. The summed E-state index contributed by atoms with van der Waals surface area (Å²) in [7, 11) is 0. The average molecular weight is 483 g/mol. The first-order chi connectivity index (χ1) is 17.5. The van der Waals surface area contributed by atoms with Gasteiger partial charge in [0.25, 0.3) is 11.8 Å². The van der Waals surface area contributed by atoms with Gasteiger partial charge in [-0.15, -0.1) is 0 Å². The van der Waals surface area contributed by atoms with Gasteiger partial charge in [-0.2, -0.15) is 0 Å². The summed E-state index contributed by atoms with van der Waals surface area (Å²) in [6, 6.07) is 24.1. The third-order valence-electron chi connectivity index (χ3n) is 6.93. The summed E-state index contributed by atoms with van der Waals surface area (Å²) in [5.74, 6) is -1.26. The molecule has 7 heteroatoms. The highest BCUT2D eigenvalue weighted by atomic mass is 16.2. The van der Waals surface area contributed by atoms with Crippen molar-refractivity contribution in [2.75, 3.05) is 31.5 Å².